The van der Waals surface area contributed by atoms with E-state index in [9.17, 15) is 0 Å². The van der Waals surface area contributed by atoms with E-state index < -0.39 is 0 Å². The van der Waals surface area contributed by atoms with Crippen molar-refractivity contribution in [2.24, 2.45) is 5.92 Å². The topological polar surface area (TPSA) is 3.24 Å². The molecule has 1 heterocycles. The maximum atomic E-state index is 2.65. The van der Waals surface area contributed by atoms with E-state index in [0.717, 1.165) is 12.3 Å². The van der Waals surface area contributed by atoms with Crippen LogP contribution in [0.1, 0.15) is 50.7 Å². The highest BCUT2D eigenvalue weighted by atomic mass is 15.1. The second-order valence-corrected chi connectivity index (χ2v) is 6.01. The minimum atomic E-state index is 0.908. The fourth-order valence-corrected chi connectivity index (χ4v) is 3.04. The van der Waals surface area contributed by atoms with E-state index in [0.29, 0.717) is 0 Å². The summed E-state index contributed by atoms with van der Waals surface area (Å²) in [7, 11) is 0. The number of unbranched alkanes of at least 4 members (excludes halogenated alkanes) is 1. The monoisotopic (exact) mass is 259 g/mol. The number of nitrogens with zero attached hydrogens (tertiary/aromatic N) is 1. The van der Waals surface area contributed by atoms with Crippen molar-refractivity contribution in [3.63, 3.8) is 0 Å². The Balaban J connectivity index is 1.75. The van der Waals surface area contributed by atoms with E-state index >= 15 is 0 Å². The van der Waals surface area contributed by atoms with Crippen LogP contribution in [0.3, 0.4) is 0 Å². The SMILES string of the molecule is CCCCN1CCC(Cc2ccc(CC)cc2)CC1. The minimum Gasteiger partial charge on any atom is -0.303 e. The number of rotatable bonds is 6. The molecule has 19 heavy (non-hydrogen) atoms. The third-order valence-corrected chi connectivity index (χ3v) is 4.49. The lowest BCUT2D eigenvalue weighted by Crippen LogP contribution is -2.34. The largest absolute Gasteiger partial charge is 0.303 e. The van der Waals surface area contributed by atoms with Crippen molar-refractivity contribution < 1.29 is 0 Å². The molecule has 1 nitrogen and oxygen atoms in total. The molecule has 1 saturated heterocycles. The molecule has 1 heteroatoms. The first-order chi connectivity index (χ1) is 9.31. The van der Waals surface area contributed by atoms with Crippen molar-refractivity contribution in [1.29, 1.82) is 0 Å². The Morgan fingerprint density at radius 2 is 1.63 bits per heavy atom. The molecular weight excluding hydrogens is 230 g/mol. The number of hydrogen-bond acceptors (Lipinski definition) is 1. The molecule has 1 fully saturated rings. The molecule has 0 atom stereocenters. The molecule has 1 aromatic rings. The Bertz CT molecular complexity index is 346. The molecule has 106 valence electrons. The standard InChI is InChI=1S/C18H29N/c1-3-5-12-19-13-10-18(11-14-19)15-17-8-6-16(4-2)7-9-17/h6-9,18H,3-5,10-15H2,1-2H3. The number of benzene rings is 1. The number of piperidine rings is 1. The van der Waals surface area contributed by atoms with Crippen LogP contribution in [0, 0.1) is 5.92 Å². The van der Waals surface area contributed by atoms with E-state index in [4.69, 9.17) is 0 Å². The van der Waals surface area contributed by atoms with Gasteiger partial charge in [0.1, 0.15) is 0 Å². The summed E-state index contributed by atoms with van der Waals surface area (Å²) in [5.74, 6) is 0.908. The zero-order chi connectivity index (χ0) is 13.5. The van der Waals surface area contributed by atoms with E-state index in [1.807, 2.05) is 0 Å². The van der Waals surface area contributed by atoms with Crippen molar-refractivity contribution in [2.45, 2.75) is 52.4 Å². The number of hydrogen-bond donors (Lipinski definition) is 0. The van der Waals surface area contributed by atoms with Gasteiger partial charge in [-0.2, -0.15) is 0 Å². The molecule has 0 aromatic heterocycles. The molecule has 2 rings (SSSR count). The highest BCUT2D eigenvalue weighted by Gasteiger charge is 2.18. The van der Waals surface area contributed by atoms with Crippen LogP contribution in [0.5, 0.6) is 0 Å². The summed E-state index contributed by atoms with van der Waals surface area (Å²) in [5.41, 5.74) is 2.99. The Morgan fingerprint density at radius 1 is 1.00 bits per heavy atom. The van der Waals surface area contributed by atoms with Crippen LogP contribution >= 0.6 is 0 Å². The van der Waals surface area contributed by atoms with Crippen molar-refractivity contribution in [3.8, 4) is 0 Å². The normalized spacial score (nSPS) is 17.8. The Kier molecular flexibility index (Phi) is 5.91. The van der Waals surface area contributed by atoms with Gasteiger partial charge in [-0.15, -0.1) is 0 Å². The predicted molar refractivity (Wildman–Crippen MR) is 83.6 cm³/mol. The minimum absolute atomic E-state index is 0.908. The average molecular weight is 259 g/mol. The van der Waals surface area contributed by atoms with Gasteiger partial charge < -0.3 is 4.90 Å². The molecular formula is C18H29N. The van der Waals surface area contributed by atoms with Crippen molar-refractivity contribution in [3.05, 3.63) is 35.4 Å². The zero-order valence-electron chi connectivity index (χ0n) is 12.7. The summed E-state index contributed by atoms with van der Waals surface area (Å²) >= 11 is 0. The quantitative estimate of drug-likeness (QED) is 0.736. The Labute approximate surface area is 119 Å². The van der Waals surface area contributed by atoms with Crippen molar-refractivity contribution in [1.82, 2.24) is 4.90 Å². The molecule has 0 amide bonds. The lowest BCUT2D eigenvalue weighted by atomic mass is 9.90. The van der Waals surface area contributed by atoms with Crippen LogP contribution in [-0.2, 0) is 12.8 Å². The zero-order valence-corrected chi connectivity index (χ0v) is 12.7. The molecule has 1 aliphatic heterocycles. The first-order valence-corrected chi connectivity index (χ1v) is 8.12. The van der Waals surface area contributed by atoms with Gasteiger partial charge in [-0.3, -0.25) is 0 Å². The van der Waals surface area contributed by atoms with Gasteiger partial charge in [0.05, 0.1) is 0 Å². The number of likely N-dealkylation sites (tertiary alicyclic amines) is 1. The molecule has 1 aromatic carbocycles. The van der Waals surface area contributed by atoms with Gasteiger partial charge in [0.25, 0.3) is 0 Å². The van der Waals surface area contributed by atoms with Gasteiger partial charge in [-0.05, 0) is 68.8 Å². The van der Waals surface area contributed by atoms with Crippen LogP contribution < -0.4 is 0 Å². The molecule has 0 unspecified atom stereocenters. The van der Waals surface area contributed by atoms with Gasteiger partial charge in [-0.1, -0.05) is 44.5 Å². The molecule has 0 saturated carbocycles. The van der Waals surface area contributed by atoms with Crippen LogP contribution in [0.15, 0.2) is 24.3 Å². The van der Waals surface area contributed by atoms with Crippen LogP contribution in [0.25, 0.3) is 0 Å². The summed E-state index contributed by atoms with van der Waals surface area (Å²) in [6, 6.07) is 9.27. The molecule has 0 N–H and O–H groups in total. The Hall–Kier alpha value is -0.820. The lowest BCUT2D eigenvalue weighted by Gasteiger charge is -2.32. The van der Waals surface area contributed by atoms with E-state index in [-0.39, 0.29) is 0 Å². The average Bonchev–Trinajstić information content (AvgIpc) is 2.47. The highest BCUT2D eigenvalue weighted by Crippen LogP contribution is 2.22. The van der Waals surface area contributed by atoms with Crippen molar-refractivity contribution in [2.75, 3.05) is 19.6 Å². The third kappa shape index (κ3) is 4.65. The van der Waals surface area contributed by atoms with Gasteiger partial charge in [-0.25, -0.2) is 0 Å². The number of aryl methyl sites for hydroxylation is 1. The second-order valence-electron chi connectivity index (χ2n) is 6.01. The molecule has 0 aliphatic carbocycles. The lowest BCUT2D eigenvalue weighted by molar-refractivity contribution is 0.182. The molecule has 0 spiro atoms. The molecule has 0 bridgehead atoms. The van der Waals surface area contributed by atoms with E-state index in [1.165, 1.54) is 62.9 Å². The maximum Gasteiger partial charge on any atom is -0.00160 e. The first-order valence-electron chi connectivity index (χ1n) is 8.12. The second kappa shape index (κ2) is 7.69. The van der Waals surface area contributed by atoms with Gasteiger partial charge in [0, 0.05) is 0 Å². The van der Waals surface area contributed by atoms with E-state index in [1.54, 1.807) is 0 Å². The summed E-state index contributed by atoms with van der Waals surface area (Å²) in [4.78, 5) is 2.65. The van der Waals surface area contributed by atoms with Crippen LogP contribution in [-0.4, -0.2) is 24.5 Å². The van der Waals surface area contributed by atoms with Crippen LogP contribution in [0.4, 0.5) is 0 Å². The molecule has 0 radical (unpaired) electrons. The fraction of sp³-hybridized carbons (Fsp3) is 0.667. The maximum absolute atomic E-state index is 2.65. The van der Waals surface area contributed by atoms with Gasteiger partial charge in [0.2, 0.25) is 0 Å². The fourth-order valence-electron chi connectivity index (χ4n) is 3.04. The summed E-state index contributed by atoms with van der Waals surface area (Å²) in [6.45, 7) is 8.46. The Morgan fingerprint density at radius 3 is 2.21 bits per heavy atom. The summed E-state index contributed by atoms with van der Waals surface area (Å²) in [5, 5.41) is 0. The first kappa shape index (κ1) is 14.6. The highest BCUT2D eigenvalue weighted by molar-refractivity contribution is 5.22. The van der Waals surface area contributed by atoms with E-state index in [2.05, 4.69) is 43.0 Å². The molecule has 1 aliphatic rings. The van der Waals surface area contributed by atoms with Crippen molar-refractivity contribution >= 4 is 0 Å². The third-order valence-electron chi connectivity index (χ3n) is 4.49. The van der Waals surface area contributed by atoms with Gasteiger partial charge >= 0.3 is 0 Å². The summed E-state index contributed by atoms with van der Waals surface area (Å²) in [6.07, 6.45) is 7.90. The smallest absolute Gasteiger partial charge is 0.00160 e. The summed E-state index contributed by atoms with van der Waals surface area (Å²) < 4.78 is 0. The van der Waals surface area contributed by atoms with Crippen LogP contribution in [0.2, 0.25) is 0 Å². The van der Waals surface area contributed by atoms with Gasteiger partial charge in [0.15, 0.2) is 0 Å². The predicted octanol–water partition coefficient (Wildman–Crippen LogP) is 4.30.